The first kappa shape index (κ1) is 15.7. The lowest BCUT2D eigenvalue weighted by atomic mass is 10.0. The van der Waals surface area contributed by atoms with Gasteiger partial charge in [0.1, 0.15) is 12.8 Å². The van der Waals surface area contributed by atoms with E-state index in [1.165, 1.54) is 18.4 Å². The predicted octanol–water partition coefficient (Wildman–Crippen LogP) is 2.15. The molecule has 122 valence electrons. The summed E-state index contributed by atoms with van der Waals surface area (Å²) in [7, 11) is 0. The molecule has 3 aromatic rings. The molecule has 0 unspecified atom stereocenters. The van der Waals surface area contributed by atoms with Crippen LogP contribution in [0.5, 0.6) is 0 Å². The van der Waals surface area contributed by atoms with Gasteiger partial charge in [-0.1, -0.05) is 22.9 Å². The van der Waals surface area contributed by atoms with Crippen molar-refractivity contribution in [2.45, 2.75) is 20.4 Å². The maximum Gasteiger partial charge on any atom is 0.267 e. The number of carbonyl (C=O) groups is 1. The first-order valence-corrected chi connectivity index (χ1v) is 7.39. The molecule has 0 aliphatic heterocycles. The van der Waals surface area contributed by atoms with E-state index in [1.807, 2.05) is 32.0 Å². The Bertz CT molecular complexity index is 929. The molecular weight excluding hydrogens is 308 g/mol. The van der Waals surface area contributed by atoms with E-state index in [0.717, 1.165) is 21.4 Å². The summed E-state index contributed by atoms with van der Waals surface area (Å²) in [6.45, 7) is 3.76. The van der Waals surface area contributed by atoms with Crippen LogP contribution in [0.1, 0.15) is 11.1 Å². The largest absolute Gasteiger partial charge is 0.363 e. The Morgan fingerprint density at radius 2 is 2.04 bits per heavy atom. The van der Waals surface area contributed by atoms with Crippen LogP contribution < -0.4 is 10.9 Å². The number of hydrogen-bond donors (Lipinski definition) is 1. The summed E-state index contributed by atoms with van der Waals surface area (Å²) >= 11 is 0. The highest BCUT2D eigenvalue weighted by Gasteiger charge is 2.10. The van der Waals surface area contributed by atoms with Gasteiger partial charge in [0.2, 0.25) is 5.91 Å². The molecule has 2 aromatic heterocycles. The molecule has 0 spiro atoms. The minimum atomic E-state index is -0.406. The van der Waals surface area contributed by atoms with Crippen LogP contribution in [0, 0.1) is 13.8 Å². The number of rotatable bonds is 4. The number of nitrogens with zero attached hydrogens (tertiary/aromatic N) is 3. The Balaban J connectivity index is 1.88. The molecule has 3 rings (SSSR count). The summed E-state index contributed by atoms with van der Waals surface area (Å²) in [5.41, 5.74) is 3.37. The van der Waals surface area contributed by atoms with Gasteiger partial charge in [0.25, 0.3) is 5.56 Å². The molecular formula is C17H16N4O3. The molecule has 2 heterocycles. The standard InChI is InChI=1S/C17H16N4O3/c1-11-3-4-12(2)13(9-11)14-5-6-17(23)21(19-14)10-16(22)18-15-7-8-24-20-15/h3-9H,10H2,1-2H3,(H,18,20,22). The molecule has 24 heavy (non-hydrogen) atoms. The quantitative estimate of drug-likeness (QED) is 0.794. The summed E-state index contributed by atoms with van der Waals surface area (Å²) in [5, 5.41) is 10.4. The first-order valence-electron chi connectivity index (χ1n) is 7.39. The molecule has 7 heteroatoms. The zero-order chi connectivity index (χ0) is 17.1. The van der Waals surface area contributed by atoms with E-state index in [-0.39, 0.29) is 12.1 Å². The van der Waals surface area contributed by atoms with Gasteiger partial charge >= 0.3 is 0 Å². The number of amides is 1. The maximum atomic E-state index is 12.0. The van der Waals surface area contributed by atoms with Gasteiger partial charge in [0, 0.05) is 17.7 Å². The zero-order valence-corrected chi connectivity index (χ0v) is 13.3. The van der Waals surface area contributed by atoms with Crippen LogP contribution in [-0.2, 0) is 11.3 Å². The zero-order valence-electron chi connectivity index (χ0n) is 13.3. The van der Waals surface area contributed by atoms with E-state index in [0.29, 0.717) is 11.5 Å². The topological polar surface area (TPSA) is 90.0 Å². The number of benzene rings is 1. The summed E-state index contributed by atoms with van der Waals surface area (Å²) in [5.74, 6) is -0.115. The van der Waals surface area contributed by atoms with E-state index in [9.17, 15) is 9.59 Å². The minimum absolute atomic E-state index is 0.204. The average Bonchev–Trinajstić information content (AvgIpc) is 3.05. The average molecular weight is 324 g/mol. The van der Waals surface area contributed by atoms with Crippen LogP contribution in [0.4, 0.5) is 5.82 Å². The maximum absolute atomic E-state index is 12.0. The third-order valence-electron chi connectivity index (χ3n) is 3.53. The van der Waals surface area contributed by atoms with Gasteiger partial charge in [-0.2, -0.15) is 5.10 Å². The van der Waals surface area contributed by atoms with Crippen LogP contribution in [0.2, 0.25) is 0 Å². The third kappa shape index (κ3) is 3.40. The van der Waals surface area contributed by atoms with Crippen LogP contribution in [0.25, 0.3) is 11.3 Å². The number of nitrogens with one attached hydrogen (secondary N) is 1. The number of aryl methyl sites for hydroxylation is 2. The highest BCUT2D eigenvalue weighted by atomic mass is 16.5. The van der Waals surface area contributed by atoms with Gasteiger partial charge < -0.3 is 9.84 Å². The second-order valence-electron chi connectivity index (χ2n) is 5.47. The molecule has 1 aromatic carbocycles. The van der Waals surface area contributed by atoms with Gasteiger partial charge in [-0.05, 0) is 31.5 Å². The van der Waals surface area contributed by atoms with Crippen LogP contribution in [0.15, 0.2) is 52.0 Å². The molecule has 0 saturated carbocycles. The number of hydrogen-bond acceptors (Lipinski definition) is 5. The van der Waals surface area contributed by atoms with Crippen LogP contribution in [0.3, 0.4) is 0 Å². The van der Waals surface area contributed by atoms with Crippen molar-refractivity contribution < 1.29 is 9.32 Å². The smallest absolute Gasteiger partial charge is 0.267 e. The number of aromatic nitrogens is 3. The van der Waals surface area contributed by atoms with Gasteiger partial charge in [-0.15, -0.1) is 0 Å². The molecule has 0 aliphatic carbocycles. The van der Waals surface area contributed by atoms with Crippen molar-refractivity contribution in [1.82, 2.24) is 14.9 Å². The molecule has 0 atom stereocenters. The van der Waals surface area contributed by atoms with Gasteiger partial charge in [0.15, 0.2) is 5.82 Å². The molecule has 7 nitrogen and oxygen atoms in total. The number of carbonyl (C=O) groups excluding carboxylic acids is 1. The molecule has 0 aliphatic rings. The van der Waals surface area contributed by atoms with Gasteiger partial charge in [-0.3, -0.25) is 9.59 Å². The summed E-state index contributed by atoms with van der Waals surface area (Å²) in [6.07, 6.45) is 1.35. The van der Waals surface area contributed by atoms with Gasteiger partial charge in [0.05, 0.1) is 5.69 Å². The first-order chi connectivity index (χ1) is 11.5. The van der Waals surface area contributed by atoms with Crippen molar-refractivity contribution in [3.63, 3.8) is 0 Å². The van der Waals surface area contributed by atoms with E-state index < -0.39 is 5.91 Å². The molecule has 0 saturated heterocycles. The third-order valence-corrected chi connectivity index (χ3v) is 3.53. The fourth-order valence-electron chi connectivity index (χ4n) is 2.31. The lowest BCUT2D eigenvalue weighted by Gasteiger charge is -2.09. The SMILES string of the molecule is Cc1ccc(C)c(-c2ccc(=O)n(CC(=O)Nc3ccon3)n2)c1. The minimum Gasteiger partial charge on any atom is -0.363 e. The Labute approximate surface area is 137 Å². The predicted molar refractivity (Wildman–Crippen MR) is 88.5 cm³/mol. The summed E-state index contributed by atoms with van der Waals surface area (Å²) in [4.78, 5) is 24.0. The molecule has 1 amide bonds. The van der Waals surface area contributed by atoms with Crippen LogP contribution >= 0.6 is 0 Å². The van der Waals surface area contributed by atoms with E-state index in [2.05, 4.69) is 20.1 Å². The molecule has 0 radical (unpaired) electrons. The highest BCUT2D eigenvalue weighted by Crippen LogP contribution is 2.21. The van der Waals surface area contributed by atoms with E-state index >= 15 is 0 Å². The van der Waals surface area contributed by atoms with E-state index in [1.54, 1.807) is 6.07 Å². The fourth-order valence-corrected chi connectivity index (χ4v) is 2.31. The lowest BCUT2D eigenvalue weighted by Crippen LogP contribution is -2.29. The van der Waals surface area contributed by atoms with E-state index in [4.69, 9.17) is 0 Å². The second kappa shape index (κ2) is 6.49. The van der Waals surface area contributed by atoms with Crippen molar-refractivity contribution in [3.8, 4) is 11.3 Å². The van der Waals surface area contributed by atoms with Gasteiger partial charge in [-0.25, -0.2) is 4.68 Å². The second-order valence-corrected chi connectivity index (χ2v) is 5.47. The van der Waals surface area contributed by atoms with Crippen LogP contribution in [-0.4, -0.2) is 20.8 Å². The van der Waals surface area contributed by atoms with Crippen molar-refractivity contribution in [1.29, 1.82) is 0 Å². The Morgan fingerprint density at radius 1 is 1.21 bits per heavy atom. The Hall–Kier alpha value is -3.22. The van der Waals surface area contributed by atoms with Crippen molar-refractivity contribution in [3.05, 3.63) is 64.1 Å². The summed E-state index contributed by atoms with van der Waals surface area (Å²) < 4.78 is 5.77. The molecule has 0 bridgehead atoms. The summed E-state index contributed by atoms with van der Waals surface area (Å²) in [6, 6.07) is 10.6. The fraction of sp³-hybridized carbons (Fsp3) is 0.176. The highest BCUT2D eigenvalue weighted by molar-refractivity contribution is 5.89. The molecule has 1 N–H and O–H groups in total. The molecule has 0 fully saturated rings. The Kier molecular flexibility index (Phi) is 4.24. The monoisotopic (exact) mass is 324 g/mol. The Morgan fingerprint density at radius 3 is 2.79 bits per heavy atom. The van der Waals surface area contributed by atoms with Crippen molar-refractivity contribution >= 4 is 11.7 Å². The number of anilines is 1. The lowest BCUT2D eigenvalue weighted by molar-refractivity contribution is -0.117. The van der Waals surface area contributed by atoms with Crippen molar-refractivity contribution in [2.24, 2.45) is 0 Å². The normalized spacial score (nSPS) is 10.6. The van der Waals surface area contributed by atoms with Crippen molar-refractivity contribution in [2.75, 3.05) is 5.32 Å².